The molecule has 274 valence electrons. The van der Waals surface area contributed by atoms with Crippen LogP contribution in [0.25, 0.3) is 0 Å². The van der Waals surface area contributed by atoms with Crippen LogP contribution in [0.5, 0.6) is 0 Å². The summed E-state index contributed by atoms with van der Waals surface area (Å²) in [4.78, 5) is 22.5. The Morgan fingerprint density at radius 1 is 1.06 bits per heavy atom. The molecule has 1 aliphatic rings. The molecule has 0 spiro atoms. The molecule has 0 bridgehead atoms. The van der Waals surface area contributed by atoms with Crippen LogP contribution in [0.3, 0.4) is 0 Å². The minimum atomic E-state index is -4.64. The summed E-state index contributed by atoms with van der Waals surface area (Å²) in [5, 5.41) is 6.55. The first kappa shape index (κ1) is 48.4. The van der Waals surface area contributed by atoms with Crippen LogP contribution in [0.1, 0.15) is 132 Å². The molecule has 0 aromatic heterocycles. The fourth-order valence-electron chi connectivity index (χ4n) is 5.03. The molecular formula is C37H65F3N6OU. The standard InChI is InChI=1S/C35H59F3N6O.C2H6.U/c1-8-14-16-19-29(17-10-3)41-23-28(12-5)33(39)43-27(7)40-24-30(35(36,37)38)31(20-15-9-2)42-25-34(21-22-34)26-44(13-6)32(45)18-11-4;1-2;/h20,23-24,29,41-42H,4,6,8-19,21-22,25-26H2,1-3,5,7H3,(H2,39,40,43);1-2H3;/q-2;;+2/b28-23-,30-24+,31-20-;;. The van der Waals surface area contributed by atoms with E-state index in [4.69, 9.17) is 5.73 Å². The Hall–Kier alpha value is -1.73. The van der Waals surface area contributed by atoms with Crippen molar-refractivity contribution in [1.82, 2.24) is 15.5 Å². The summed E-state index contributed by atoms with van der Waals surface area (Å²) in [7, 11) is 0. The Morgan fingerprint density at radius 3 is 2.23 bits per heavy atom. The molecule has 0 heterocycles. The van der Waals surface area contributed by atoms with E-state index >= 15 is 0 Å². The minimum absolute atomic E-state index is 0. The van der Waals surface area contributed by atoms with Gasteiger partial charge in [-0.3, -0.25) is 4.79 Å². The number of carbonyl (C=O) groups excluding carboxylic acids is 1. The molecule has 1 amide bonds. The predicted octanol–water partition coefficient (Wildman–Crippen LogP) is 9.20. The number of aliphatic imine (C=N–C) groups is 2. The molecule has 1 atom stereocenters. The van der Waals surface area contributed by atoms with Crippen molar-refractivity contribution in [2.45, 2.75) is 144 Å². The second-order valence-corrected chi connectivity index (χ2v) is 12.1. The van der Waals surface area contributed by atoms with E-state index in [1.54, 1.807) is 17.9 Å². The van der Waals surface area contributed by atoms with Crippen LogP contribution in [0.15, 0.2) is 45.3 Å². The number of carbonyl (C=O) groups is 1. The van der Waals surface area contributed by atoms with Gasteiger partial charge in [0.05, 0.1) is 5.57 Å². The quantitative estimate of drug-likeness (QED) is 0.0332. The zero-order chi connectivity index (χ0) is 35.9. The molecule has 0 aromatic rings. The van der Waals surface area contributed by atoms with Gasteiger partial charge in [0.2, 0.25) is 5.91 Å². The predicted molar refractivity (Wildman–Crippen MR) is 194 cm³/mol. The maximum atomic E-state index is 14.4. The van der Waals surface area contributed by atoms with Crippen molar-refractivity contribution in [2.24, 2.45) is 21.1 Å². The second-order valence-electron chi connectivity index (χ2n) is 12.1. The van der Waals surface area contributed by atoms with Gasteiger partial charge in [0.1, 0.15) is 11.7 Å². The smallest absolute Gasteiger partial charge is 0.388 e. The normalized spacial score (nSPS) is 16.0. The number of amides is 1. The monoisotopic (exact) mass is 905 g/mol. The summed E-state index contributed by atoms with van der Waals surface area (Å²) >= 11 is 0. The summed E-state index contributed by atoms with van der Waals surface area (Å²) in [5.74, 6) is 0.333. The van der Waals surface area contributed by atoms with Gasteiger partial charge in [-0.25, -0.2) is 9.98 Å². The SMILES string of the molecule is CC.[CH2-]CCC(=O)N(C[CH2-])CC1(CNC(=C\CCC)/C(=C\N=C(C)N=C(N)/C(=C\NC(CCC)CCCCC)CC)C(F)(F)F)CC1.[U+2]. The Balaban J connectivity index is 0. The van der Waals surface area contributed by atoms with Gasteiger partial charge < -0.3 is 35.1 Å². The van der Waals surface area contributed by atoms with E-state index in [1.807, 2.05) is 33.9 Å². The number of hydrogen-bond donors (Lipinski definition) is 3. The number of hydrogen-bond acceptors (Lipinski definition) is 4. The summed E-state index contributed by atoms with van der Waals surface area (Å²) in [6.07, 6.45) is 10.6. The summed E-state index contributed by atoms with van der Waals surface area (Å²) < 4.78 is 43.1. The fourth-order valence-corrected chi connectivity index (χ4v) is 5.03. The van der Waals surface area contributed by atoms with Crippen LogP contribution < -0.4 is 16.4 Å². The van der Waals surface area contributed by atoms with Crippen LogP contribution in [0, 0.1) is 50.4 Å². The van der Waals surface area contributed by atoms with Gasteiger partial charge in [-0.15, -0.1) is 6.54 Å². The van der Waals surface area contributed by atoms with Gasteiger partial charge in [0.25, 0.3) is 0 Å². The number of unbranched alkanes of at least 4 members (excludes halogenated alkanes) is 3. The number of halogens is 3. The van der Waals surface area contributed by atoms with Crippen molar-refractivity contribution in [2.75, 3.05) is 19.6 Å². The summed E-state index contributed by atoms with van der Waals surface area (Å²) in [5.41, 5.74) is 5.90. The van der Waals surface area contributed by atoms with Crippen LogP contribution in [-0.4, -0.2) is 54.3 Å². The third kappa shape index (κ3) is 19.5. The number of alkyl halides is 3. The molecule has 1 unspecified atom stereocenters. The third-order valence-corrected chi connectivity index (χ3v) is 8.04. The number of rotatable bonds is 22. The van der Waals surface area contributed by atoms with Crippen LogP contribution in [0.4, 0.5) is 13.2 Å². The molecule has 1 fully saturated rings. The van der Waals surface area contributed by atoms with Crippen LogP contribution in [-0.2, 0) is 4.79 Å². The average molecular weight is 905 g/mol. The van der Waals surface area contributed by atoms with E-state index in [1.165, 1.54) is 12.8 Å². The maximum absolute atomic E-state index is 14.4. The Labute approximate surface area is 314 Å². The number of amidine groups is 2. The van der Waals surface area contributed by atoms with Crippen molar-refractivity contribution in [3.05, 3.63) is 49.2 Å². The average Bonchev–Trinajstić information content (AvgIpc) is 3.81. The van der Waals surface area contributed by atoms with E-state index in [-0.39, 0.29) is 59.8 Å². The second kappa shape index (κ2) is 27.1. The van der Waals surface area contributed by atoms with Crippen LogP contribution in [0.2, 0.25) is 0 Å². The van der Waals surface area contributed by atoms with Gasteiger partial charge >= 0.3 is 37.3 Å². The van der Waals surface area contributed by atoms with Gasteiger partial charge in [-0.05, 0) is 51.9 Å². The molecular weight excluding hydrogens is 839 g/mol. The Bertz CT molecular complexity index is 1050. The van der Waals surface area contributed by atoms with E-state index in [2.05, 4.69) is 48.3 Å². The number of nitrogens with two attached hydrogens (primary N) is 1. The third-order valence-electron chi connectivity index (χ3n) is 8.04. The molecule has 48 heavy (non-hydrogen) atoms. The largest absolute Gasteiger partial charge is 2.00 e. The van der Waals surface area contributed by atoms with Gasteiger partial charge in [-0.2, -0.15) is 19.6 Å². The molecule has 11 heteroatoms. The fraction of sp³-hybridized carbons (Fsp3) is 0.703. The molecule has 1 saturated carbocycles. The Morgan fingerprint density at radius 2 is 1.73 bits per heavy atom. The topological polar surface area (TPSA) is 95.1 Å². The van der Waals surface area contributed by atoms with Gasteiger partial charge in [-0.1, -0.05) is 79.7 Å². The maximum Gasteiger partial charge on any atom is 2.00 e. The molecule has 4 N–H and O–H groups in total. The summed E-state index contributed by atoms with van der Waals surface area (Å²) in [6.45, 7) is 22.5. The van der Waals surface area contributed by atoms with Crippen molar-refractivity contribution >= 4 is 17.6 Å². The van der Waals surface area contributed by atoms with Crippen molar-refractivity contribution in [3.8, 4) is 0 Å². The molecule has 0 saturated heterocycles. The molecule has 0 aromatic carbocycles. The van der Waals surface area contributed by atoms with E-state index in [9.17, 15) is 18.0 Å². The molecule has 7 nitrogen and oxygen atoms in total. The zero-order valence-corrected chi connectivity index (χ0v) is 35.2. The van der Waals surface area contributed by atoms with E-state index in [0.717, 1.165) is 50.3 Å². The number of nitrogens with zero attached hydrogens (tertiary/aromatic N) is 3. The van der Waals surface area contributed by atoms with Crippen molar-refractivity contribution in [3.63, 3.8) is 0 Å². The molecule has 0 radical (unpaired) electrons. The number of allylic oxidation sites excluding steroid dienone is 2. The number of nitrogens with one attached hydrogen (secondary N) is 2. The summed E-state index contributed by atoms with van der Waals surface area (Å²) in [6, 6.07) is 0.342. The molecule has 0 aliphatic heterocycles. The van der Waals surface area contributed by atoms with E-state index in [0.29, 0.717) is 57.8 Å². The first-order valence-electron chi connectivity index (χ1n) is 17.8. The van der Waals surface area contributed by atoms with Crippen molar-refractivity contribution < 1.29 is 49.1 Å². The molecule has 1 rings (SSSR count). The van der Waals surface area contributed by atoms with Gasteiger partial charge in [0, 0.05) is 48.2 Å². The Kier molecular flexibility index (Phi) is 27.3. The first-order chi connectivity index (χ1) is 22.4. The minimum Gasteiger partial charge on any atom is -0.388 e. The van der Waals surface area contributed by atoms with E-state index < -0.39 is 11.7 Å². The van der Waals surface area contributed by atoms with Gasteiger partial charge in [0.15, 0.2) is 0 Å². The zero-order valence-electron chi connectivity index (χ0n) is 31.0. The first-order valence-corrected chi connectivity index (χ1v) is 17.8. The molecule has 1 aliphatic carbocycles. The van der Waals surface area contributed by atoms with Crippen molar-refractivity contribution in [1.29, 1.82) is 0 Å². The van der Waals surface area contributed by atoms with Crippen LogP contribution >= 0.6 is 0 Å².